The van der Waals surface area contributed by atoms with E-state index in [0.29, 0.717) is 10.8 Å². The third-order valence-electron chi connectivity index (χ3n) is 4.36. The summed E-state index contributed by atoms with van der Waals surface area (Å²) in [6.45, 7) is 4.87. The van der Waals surface area contributed by atoms with Gasteiger partial charge in [-0.25, -0.2) is 0 Å². The minimum Gasteiger partial charge on any atom is -0.0922 e. The van der Waals surface area contributed by atoms with Crippen LogP contribution in [0, 0.1) is 16.7 Å². The summed E-state index contributed by atoms with van der Waals surface area (Å²) in [6.07, 6.45) is 7.41. The maximum atomic E-state index is 3.72. The first kappa shape index (κ1) is 9.05. The number of alkyl halides is 1. The molecule has 1 heteroatoms. The quantitative estimate of drug-likeness (QED) is 0.630. The predicted molar refractivity (Wildman–Crippen MR) is 56.6 cm³/mol. The van der Waals surface area contributed by atoms with Crippen molar-refractivity contribution >= 4 is 15.9 Å². The van der Waals surface area contributed by atoms with Crippen LogP contribution in [0.15, 0.2) is 0 Å². The normalized spacial score (nSPS) is 40.2. The lowest BCUT2D eigenvalue weighted by molar-refractivity contribution is 0.281. The Morgan fingerprint density at radius 3 is 2.08 bits per heavy atom. The zero-order valence-electron chi connectivity index (χ0n) is 8.20. The molecule has 0 radical (unpaired) electrons. The third-order valence-corrected chi connectivity index (χ3v) is 5.36. The van der Waals surface area contributed by atoms with Gasteiger partial charge in [-0.2, -0.15) is 0 Å². The van der Waals surface area contributed by atoms with E-state index in [2.05, 4.69) is 29.8 Å². The molecule has 2 fully saturated rings. The van der Waals surface area contributed by atoms with Crippen LogP contribution in [-0.2, 0) is 0 Å². The van der Waals surface area contributed by atoms with Gasteiger partial charge in [-0.3, -0.25) is 0 Å². The van der Waals surface area contributed by atoms with Crippen LogP contribution in [0.25, 0.3) is 0 Å². The van der Waals surface area contributed by atoms with E-state index in [4.69, 9.17) is 0 Å². The summed E-state index contributed by atoms with van der Waals surface area (Å²) in [6, 6.07) is 0. The summed E-state index contributed by atoms with van der Waals surface area (Å²) >= 11 is 3.72. The fourth-order valence-electron chi connectivity index (χ4n) is 3.26. The molecular formula is C11H19Br. The highest BCUT2D eigenvalue weighted by molar-refractivity contribution is 9.09. The lowest BCUT2D eigenvalue weighted by atomic mass is 9.83. The van der Waals surface area contributed by atoms with Gasteiger partial charge in [-0.1, -0.05) is 42.6 Å². The van der Waals surface area contributed by atoms with Gasteiger partial charge in [0.2, 0.25) is 0 Å². The topological polar surface area (TPSA) is 0 Å². The number of hydrogen-bond acceptors (Lipinski definition) is 0. The van der Waals surface area contributed by atoms with Crippen molar-refractivity contribution in [3.63, 3.8) is 0 Å². The molecule has 2 rings (SSSR count). The standard InChI is InChI=1S/C11H19Br/c1-10(2)7-11(10,8-12)9-5-3-4-6-9/h9H,3-8H2,1-2H3. The Bertz CT molecular complexity index is 179. The van der Waals surface area contributed by atoms with Gasteiger partial charge < -0.3 is 0 Å². The fraction of sp³-hybridized carbons (Fsp3) is 1.00. The summed E-state index contributed by atoms with van der Waals surface area (Å²) in [5, 5.41) is 1.23. The van der Waals surface area contributed by atoms with E-state index >= 15 is 0 Å². The van der Waals surface area contributed by atoms with E-state index in [0.717, 1.165) is 5.92 Å². The second-order valence-corrected chi connectivity index (χ2v) is 5.89. The lowest BCUT2D eigenvalue weighted by Gasteiger charge is -2.24. The second-order valence-electron chi connectivity index (χ2n) is 5.33. The Kier molecular flexibility index (Phi) is 2.06. The molecular weight excluding hydrogens is 212 g/mol. The largest absolute Gasteiger partial charge is 0.0922 e. The van der Waals surface area contributed by atoms with Crippen LogP contribution in [0.2, 0.25) is 0 Å². The van der Waals surface area contributed by atoms with E-state index in [1.54, 1.807) is 0 Å². The SMILES string of the molecule is CC1(C)CC1(CBr)C1CCCC1. The van der Waals surface area contributed by atoms with Gasteiger partial charge in [0.15, 0.2) is 0 Å². The van der Waals surface area contributed by atoms with Gasteiger partial charge in [0, 0.05) is 5.33 Å². The predicted octanol–water partition coefficient (Wildman–Crippen LogP) is 3.99. The van der Waals surface area contributed by atoms with E-state index < -0.39 is 0 Å². The molecule has 0 N–H and O–H groups in total. The molecule has 0 aromatic heterocycles. The van der Waals surface area contributed by atoms with Crippen molar-refractivity contribution in [2.75, 3.05) is 5.33 Å². The first-order chi connectivity index (χ1) is 5.62. The molecule has 1 atom stereocenters. The van der Waals surface area contributed by atoms with E-state index in [1.165, 1.54) is 37.4 Å². The lowest BCUT2D eigenvalue weighted by Crippen LogP contribution is -2.20. The van der Waals surface area contributed by atoms with Crippen LogP contribution in [0.1, 0.15) is 46.0 Å². The highest BCUT2D eigenvalue weighted by atomic mass is 79.9. The minimum atomic E-state index is 0.630. The molecule has 2 aliphatic rings. The fourth-order valence-corrected chi connectivity index (χ4v) is 4.67. The zero-order chi connectivity index (χ0) is 8.82. The molecule has 0 aliphatic heterocycles. The summed E-state index contributed by atoms with van der Waals surface area (Å²) < 4.78 is 0. The van der Waals surface area contributed by atoms with Crippen molar-refractivity contribution in [3.8, 4) is 0 Å². The first-order valence-corrected chi connectivity index (χ1v) is 6.30. The van der Waals surface area contributed by atoms with E-state index in [9.17, 15) is 0 Å². The summed E-state index contributed by atoms with van der Waals surface area (Å²) in [4.78, 5) is 0. The number of halogens is 1. The van der Waals surface area contributed by atoms with Crippen LogP contribution in [0.3, 0.4) is 0 Å². The molecule has 1 unspecified atom stereocenters. The Hall–Kier alpha value is 0.480. The number of rotatable bonds is 2. The van der Waals surface area contributed by atoms with Gasteiger partial charge in [0.1, 0.15) is 0 Å². The Balaban J connectivity index is 2.09. The average Bonchev–Trinajstić information content (AvgIpc) is 2.52. The van der Waals surface area contributed by atoms with Crippen molar-refractivity contribution in [3.05, 3.63) is 0 Å². The zero-order valence-corrected chi connectivity index (χ0v) is 9.78. The Morgan fingerprint density at radius 2 is 1.75 bits per heavy atom. The average molecular weight is 231 g/mol. The van der Waals surface area contributed by atoms with Crippen LogP contribution >= 0.6 is 15.9 Å². The van der Waals surface area contributed by atoms with Crippen LogP contribution < -0.4 is 0 Å². The summed E-state index contributed by atoms with van der Waals surface area (Å²) in [5.41, 5.74) is 1.31. The molecule has 0 bridgehead atoms. The summed E-state index contributed by atoms with van der Waals surface area (Å²) in [5.74, 6) is 1.03. The molecule has 2 aliphatic carbocycles. The van der Waals surface area contributed by atoms with Crippen molar-refractivity contribution in [1.82, 2.24) is 0 Å². The maximum absolute atomic E-state index is 3.72. The highest BCUT2D eigenvalue weighted by Crippen LogP contribution is 2.70. The van der Waals surface area contributed by atoms with Gasteiger partial charge in [0.05, 0.1) is 0 Å². The molecule has 0 aromatic rings. The van der Waals surface area contributed by atoms with Crippen molar-refractivity contribution in [2.24, 2.45) is 16.7 Å². The second kappa shape index (κ2) is 2.73. The molecule has 0 heterocycles. The van der Waals surface area contributed by atoms with Gasteiger partial charge in [-0.15, -0.1) is 0 Å². The molecule has 2 saturated carbocycles. The molecule has 0 amide bonds. The minimum absolute atomic E-state index is 0.630. The van der Waals surface area contributed by atoms with Gasteiger partial charge in [0.25, 0.3) is 0 Å². The van der Waals surface area contributed by atoms with Crippen molar-refractivity contribution < 1.29 is 0 Å². The smallest absolute Gasteiger partial charge is 0.00959 e. The maximum Gasteiger partial charge on any atom is 0.00959 e. The molecule has 0 nitrogen and oxygen atoms in total. The van der Waals surface area contributed by atoms with Crippen LogP contribution in [0.5, 0.6) is 0 Å². The van der Waals surface area contributed by atoms with E-state index in [1.807, 2.05) is 0 Å². The Morgan fingerprint density at radius 1 is 1.25 bits per heavy atom. The molecule has 0 aromatic carbocycles. The van der Waals surface area contributed by atoms with Crippen molar-refractivity contribution in [1.29, 1.82) is 0 Å². The van der Waals surface area contributed by atoms with Crippen molar-refractivity contribution in [2.45, 2.75) is 46.0 Å². The molecule has 12 heavy (non-hydrogen) atoms. The first-order valence-electron chi connectivity index (χ1n) is 5.18. The molecule has 0 saturated heterocycles. The summed E-state index contributed by atoms with van der Waals surface area (Å²) in [7, 11) is 0. The van der Waals surface area contributed by atoms with E-state index in [-0.39, 0.29) is 0 Å². The third kappa shape index (κ3) is 1.08. The monoisotopic (exact) mass is 230 g/mol. The Labute approximate surface area is 84.2 Å². The van der Waals surface area contributed by atoms with Crippen LogP contribution in [-0.4, -0.2) is 5.33 Å². The van der Waals surface area contributed by atoms with Gasteiger partial charge >= 0.3 is 0 Å². The van der Waals surface area contributed by atoms with Gasteiger partial charge in [-0.05, 0) is 36.0 Å². The van der Waals surface area contributed by atoms with Crippen LogP contribution in [0.4, 0.5) is 0 Å². The highest BCUT2D eigenvalue weighted by Gasteiger charge is 2.63. The number of hydrogen-bond donors (Lipinski definition) is 0. The molecule has 0 spiro atoms. The molecule has 70 valence electrons.